The molecule has 0 spiro atoms. The fraction of sp³-hybridized carbons (Fsp3) is 0.462. The van der Waals surface area contributed by atoms with E-state index < -0.39 is 17.7 Å². The van der Waals surface area contributed by atoms with Crippen LogP contribution in [-0.2, 0) is 0 Å². The van der Waals surface area contributed by atoms with Crippen molar-refractivity contribution in [3.05, 3.63) is 35.4 Å². The second-order valence-electron chi connectivity index (χ2n) is 4.71. The number of nitrogens with two attached hydrogens (primary N) is 1. The van der Waals surface area contributed by atoms with Crippen molar-refractivity contribution in [3.63, 3.8) is 0 Å². The number of hydrogen-bond donors (Lipinski definition) is 1. The number of ketones is 1. The summed E-state index contributed by atoms with van der Waals surface area (Å²) < 4.78 is 26.3. The second kappa shape index (κ2) is 5.12. The number of likely N-dealkylation sites (tertiary alicyclic amines) is 1. The molecule has 1 fully saturated rings. The zero-order valence-corrected chi connectivity index (χ0v) is 10.2. The van der Waals surface area contributed by atoms with E-state index in [1.807, 2.05) is 4.90 Å². The van der Waals surface area contributed by atoms with Gasteiger partial charge >= 0.3 is 0 Å². The molecule has 2 unspecified atom stereocenters. The van der Waals surface area contributed by atoms with Gasteiger partial charge in [-0.1, -0.05) is 0 Å². The Bertz CT molecular complexity index is 464. The summed E-state index contributed by atoms with van der Waals surface area (Å²) in [4.78, 5) is 14.1. The van der Waals surface area contributed by atoms with Gasteiger partial charge in [0.2, 0.25) is 0 Å². The largest absolute Gasteiger partial charge is 0.326 e. The Balaban J connectivity index is 2.15. The zero-order chi connectivity index (χ0) is 13.3. The third-order valence-electron chi connectivity index (χ3n) is 3.38. The first-order valence-corrected chi connectivity index (χ1v) is 5.98. The maximum atomic E-state index is 13.5. The highest BCUT2D eigenvalue weighted by Crippen LogP contribution is 2.17. The van der Waals surface area contributed by atoms with Crippen molar-refractivity contribution in [2.75, 3.05) is 13.1 Å². The van der Waals surface area contributed by atoms with E-state index in [2.05, 4.69) is 0 Å². The van der Waals surface area contributed by atoms with E-state index >= 15 is 0 Å². The molecule has 0 amide bonds. The van der Waals surface area contributed by atoms with Gasteiger partial charge in [-0.2, -0.15) is 0 Å². The quantitative estimate of drug-likeness (QED) is 0.833. The van der Waals surface area contributed by atoms with Gasteiger partial charge < -0.3 is 5.73 Å². The van der Waals surface area contributed by atoms with Crippen molar-refractivity contribution >= 4 is 5.78 Å². The first-order chi connectivity index (χ1) is 8.49. The molecule has 1 aliphatic rings. The summed E-state index contributed by atoms with van der Waals surface area (Å²) in [5.74, 6) is -1.82. The SMILES string of the molecule is CC(C(=O)c1ccc(F)cc1F)N1CCC(N)C1. The summed E-state index contributed by atoms with van der Waals surface area (Å²) in [6.45, 7) is 3.09. The average Bonchev–Trinajstić information content (AvgIpc) is 2.74. The van der Waals surface area contributed by atoms with Crippen LogP contribution in [0.4, 0.5) is 8.78 Å². The van der Waals surface area contributed by atoms with Gasteiger partial charge in [-0.25, -0.2) is 8.78 Å². The smallest absolute Gasteiger partial charge is 0.182 e. The second-order valence-corrected chi connectivity index (χ2v) is 4.71. The molecule has 18 heavy (non-hydrogen) atoms. The Morgan fingerprint density at radius 3 is 2.78 bits per heavy atom. The predicted octanol–water partition coefficient (Wildman–Crippen LogP) is 1.57. The minimum Gasteiger partial charge on any atom is -0.326 e. The highest BCUT2D eigenvalue weighted by molar-refractivity contribution is 6.00. The minimum absolute atomic E-state index is 0.0654. The Morgan fingerprint density at radius 2 is 2.22 bits per heavy atom. The van der Waals surface area contributed by atoms with E-state index in [-0.39, 0.29) is 17.4 Å². The molecule has 0 aliphatic carbocycles. The van der Waals surface area contributed by atoms with Crippen LogP contribution in [0.15, 0.2) is 18.2 Å². The molecule has 2 rings (SSSR count). The van der Waals surface area contributed by atoms with Crippen LogP contribution in [0.1, 0.15) is 23.7 Å². The van der Waals surface area contributed by atoms with Crippen LogP contribution < -0.4 is 5.73 Å². The molecule has 3 nitrogen and oxygen atoms in total. The van der Waals surface area contributed by atoms with Crippen LogP contribution in [0.5, 0.6) is 0 Å². The lowest BCUT2D eigenvalue weighted by molar-refractivity contribution is 0.0861. The molecule has 1 aromatic carbocycles. The van der Waals surface area contributed by atoms with Crippen molar-refractivity contribution < 1.29 is 13.6 Å². The topological polar surface area (TPSA) is 46.3 Å². The molecular formula is C13H16F2N2O. The van der Waals surface area contributed by atoms with Crippen molar-refractivity contribution in [1.82, 2.24) is 4.90 Å². The Labute approximate surface area is 105 Å². The van der Waals surface area contributed by atoms with Gasteiger partial charge in [0.15, 0.2) is 5.78 Å². The molecular weight excluding hydrogens is 238 g/mol. The lowest BCUT2D eigenvalue weighted by Crippen LogP contribution is -2.39. The molecule has 1 aliphatic heterocycles. The van der Waals surface area contributed by atoms with E-state index in [4.69, 9.17) is 5.73 Å². The number of carbonyl (C=O) groups excluding carboxylic acids is 1. The van der Waals surface area contributed by atoms with Crippen molar-refractivity contribution in [2.45, 2.75) is 25.4 Å². The van der Waals surface area contributed by atoms with E-state index in [0.717, 1.165) is 25.1 Å². The van der Waals surface area contributed by atoms with Crippen molar-refractivity contribution in [1.29, 1.82) is 0 Å². The highest BCUT2D eigenvalue weighted by atomic mass is 19.1. The Kier molecular flexibility index (Phi) is 3.73. The average molecular weight is 254 g/mol. The summed E-state index contributed by atoms with van der Waals surface area (Å²) in [7, 11) is 0. The van der Waals surface area contributed by atoms with Gasteiger partial charge in [-0.15, -0.1) is 0 Å². The lowest BCUT2D eigenvalue weighted by Gasteiger charge is -2.22. The summed E-state index contributed by atoms with van der Waals surface area (Å²) in [5.41, 5.74) is 5.71. The number of carbonyl (C=O) groups is 1. The molecule has 2 atom stereocenters. The van der Waals surface area contributed by atoms with Crippen LogP contribution in [0.2, 0.25) is 0 Å². The minimum atomic E-state index is -0.810. The third-order valence-corrected chi connectivity index (χ3v) is 3.38. The molecule has 98 valence electrons. The zero-order valence-electron chi connectivity index (χ0n) is 10.2. The van der Waals surface area contributed by atoms with Gasteiger partial charge in [0.1, 0.15) is 11.6 Å². The molecule has 1 saturated heterocycles. The van der Waals surface area contributed by atoms with E-state index in [1.54, 1.807) is 6.92 Å². The van der Waals surface area contributed by atoms with Crippen LogP contribution in [0.3, 0.4) is 0 Å². The maximum absolute atomic E-state index is 13.5. The lowest BCUT2D eigenvalue weighted by atomic mass is 10.0. The summed E-state index contributed by atoms with van der Waals surface area (Å²) >= 11 is 0. The van der Waals surface area contributed by atoms with Crippen LogP contribution in [0.25, 0.3) is 0 Å². The van der Waals surface area contributed by atoms with Crippen molar-refractivity contribution in [2.24, 2.45) is 5.73 Å². The van der Waals surface area contributed by atoms with Gasteiger partial charge in [0, 0.05) is 25.2 Å². The summed E-state index contributed by atoms with van der Waals surface area (Å²) in [6.07, 6.45) is 0.837. The molecule has 0 radical (unpaired) electrons. The van der Waals surface area contributed by atoms with Crippen LogP contribution in [0, 0.1) is 11.6 Å². The third kappa shape index (κ3) is 2.57. The van der Waals surface area contributed by atoms with Gasteiger partial charge in [0.25, 0.3) is 0 Å². The predicted molar refractivity (Wildman–Crippen MR) is 64.3 cm³/mol. The van der Waals surface area contributed by atoms with E-state index in [1.165, 1.54) is 6.07 Å². The molecule has 1 aromatic rings. The summed E-state index contributed by atoms with van der Waals surface area (Å²) in [6, 6.07) is 2.66. The monoisotopic (exact) mass is 254 g/mol. The van der Waals surface area contributed by atoms with Crippen LogP contribution >= 0.6 is 0 Å². The molecule has 5 heteroatoms. The van der Waals surface area contributed by atoms with E-state index in [9.17, 15) is 13.6 Å². The first kappa shape index (κ1) is 13.1. The number of benzene rings is 1. The molecule has 0 aromatic heterocycles. The molecule has 0 bridgehead atoms. The fourth-order valence-electron chi connectivity index (χ4n) is 2.25. The fourth-order valence-corrected chi connectivity index (χ4v) is 2.25. The normalized spacial score (nSPS) is 22.1. The number of Topliss-reactive ketones (excluding diaryl/α,β-unsaturated/α-hetero) is 1. The number of halogens is 2. The van der Waals surface area contributed by atoms with Gasteiger partial charge in [-0.3, -0.25) is 9.69 Å². The number of hydrogen-bond acceptors (Lipinski definition) is 3. The van der Waals surface area contributed by atoms with Gasteiger partial charge in [0.05, 0.1) is 11.6 Å². The van der Waals surface area contributed by atoms with Crippen LogP contribution in [-0.4, -0.2) is 35.9 Å². The van der Waals surface area contributed by atoms with Gasteiger partial charge in [-0.05, 0) is 25.5 Å². The molecule has 1 heterocycles. The molecule has 0 saturated carbocycles. The Morgan fingerprint density at radius 1 is 1.50 bits per heavy atom. The highest BCUT2D eigenvalue weighted by Gasteiger charge is 2.29. The summed E-state index contributed by atoms with van der Waals surface area (Å²) in [5, 5.41) is 0. The first-order valence-electron chi connectivity index (χ1n) is 5.98. The van der Waals surface area contributed by atoms with E-state index in [0.29, 0.717) is 6.54 Å². The standard InChI is InChI=1S/C13H16F2N2O/c1-8(17-5-4-10(16)7-17)13(18)11-3-2-9(14)6-12(11)15/h2-3,6,8,10H,4-5,7,16H2,1H3. The van der Waals surface area contributed by atoms with Crippen molar-refractivity contribution in [3.8, 4) is 0 Å². The maximum Gasteiger partial charge on any atom is 0.182 e. The number of rotatable bonds is 3. The molecule has 2 N–H and O–H groups in total. The number of nitrogens with zero attached hydrogens (tertiary/aromatic N) is 1. The Hall–Kier alpha value is -1.33.